The average molecular weight is 1120 g/mol. The number of phenols is 2. The van der Waals surface area contributed by atoms with Crippen molar-refractivity contribution in [2.24, 2.45) is 0 Å². The van der Waals surface area contributed by atoms with Gasteiger partial charge in [-0.25, -0.2) is 9.63 Å². The lowest BCUT2D eigenvalue weighted by molar-refractivity contribution is -0.674. The standard InChI is InChI=1S/C45H62N14O20/c46-9-1-3-20(52-39(72)24(15-33(67)68)54-41(74)26-8-11-47-36-23(50-30(63)5-6-32(65)66)13-19-14-28(61)29(62)16-27(19)59(26)36)38(71)56-34(35(69)44(77)78)42(75)57-45-48-10-7-21(55-45)37(70)49-17-31(64)51-25(18-60)40(73)53-22-4-2-12-58(79)43(22)76/h13-14,16,20-22,24-26,34-35,45,48,55,60,69,79H,1-12,15,17-18,46H2,(H13,47,49,50,51,52,53,54,56,57,61,62,63,64,65,66,67,68,70,71,72,73,74,75,77,78)/p-1/t20?,21?,22?,24?,25?,26-,34?,35?,45?/m0/s1. The Morgan fingerprint density at radius 2 is 1.49 bits per heavy atom. The summed E-state index contributed by atoms with van der Waals surface area (Å²) in [4.78, 5) is 154. The molecular weight excluding hydrogens is 1060 g/mol. The molecule has 34 heteroatoms. The smallest absolute Gasteiger partial charge is 0.299 e. The molecule has 1 aromatic heterocycles. The summed E-state index contributed by atoms with van der Waals surface area (Å²) in [6.07, 6.45) is -6.27. The maximum atomic E-state index is 14.2. The lowest BCUT2D eigenvalue weighted by Crippen LogP contribution is -2.69. The number of quaternary nitrogens is 1. The van der Waals surface area contributed by atoms with Crippen LogP contribution in [0.4, 0.5) is 11.5 Å². The molecule has 0 aliphatic carbocycles. The van der Waals surface area contributed by atoms with Crippen LogP contribution in [0, 0.1) is 0 Å². The summed E-state index contributed by atoms with van der Waals surface area (Å²) in [5, 5.41) is 113. The van der Waals surface area contributed by atoms with Gasteiger partial charge in [-0.15, -0.1) is 0 Å². The highest BCUT2D eigenvalue weighted by Gasteiger charge is 2.40. The summed E-state index contributed by atoms with van der Waals surface area (Å²) in [6.45, 7) is -1.46. The Labute approximate surface area is 446 Å². The fraction of sp³-hybridized carbons (Fsp3) is 0.533. The van der Waals surface area contributed by atoms with E-state index in [2.05, 4.69) is 58.9 Å². The van der Waals surface area contributed by atoms with E-state index in [0.29, 0.717) is 11.5 Å². The predicted octanol–water partition coefficient (Wildman–Crippen LogP) is -12.5. The van der Waals surface area contributed by atoms with E-state index in [4.69, 9.17) is 0 Å². The van der Waals surface area contributed by atoms with Gasteiger partial charge in [0.15, 0.2) is 17.5 Å². The van der Waals surface area contributed by atoms with Gasteiger partial charge in [-0.05, 0) is 50.7 Å². The van der Waals surface area contributed by atoms with Crippen molar-refractivity contribution in [3.63, 3.8) is 0 Å². The second kappa shape index (κ2) is 28.2. The highest BCUT2D eigenvalue weighted by molar-refractivity contribution is 5.99. The van der Waals surface area contributed by atoms with Crippen LogP contribution in [0.2, 0.25) is 0 Å². The van der Waals surface area contributed by atoms with Gasteiger partial charge in [-0.3, -0.25) is 64.3 Å². The Morgan fingerprint density at radius 3 is 2.16 bits per heavy atom. The molecule has 19 N–H and O–H groups in total. The minimum atomic E-state index is -2.76. The molecule has 34 nitrogen and oxygen atoms in total. The fourth-order valence-corrected chi connectivity index (χ4v) is 8.57. The largest absolute Gasteiger partial charge is 0.550 e. The number of hydroxylamine groups is 2. The number of aliphatic hydroxyl groups excluding tert-OH is 2. The number of carbonyl (C=O) groups is 12. The Kier molecular flexibility index (Phi) is 21.9. The van der Waals surface area contributed by atoms with Crippen LogP contribution in [-0.4, -0.2) is 190 Å². The third kappa shape index (κ3) is 16.7. The second-order valence-corrected chi connectivity index (χ2v) is 18.4. The maximum Gasteiger partial charge on any atom is 0.299 e. The highest BCUT2D eigenvalue weighted by atomic mass is 16.5. The molecule has 1 aromatic carbocycles. The van der Waals surface area contributed by atoms with E-state index >= 15 is 0 Å². The molecule has 2 fully saturated rings. The van der Waals surface area contributed by atoms with Crippen molar-refractivity contribution in [2.45, 2.75) is 112 Å². The van der Waals surface area contributed by atoms with Gasteiger partial charge in [0, 0.05) is 55.7 Å². The van der Waals surface area contributed by atoms with Gasteiger partial charge in [-0.2, -0.15) is 0 Å². The van der Waals surface area contributed by atoms with Crippen molar-refractivity contribution < 1.29 is 109 Å². The normalized spacial score (nSPS) is 19.7. The van der Waals surface area contributed by atoms with Crippen LogP contribution in [0.3, 0.4) is 0 Å². The number of nitrogens with zero attached hydrogens (tertiary/aromatic N) is 2. The number of fused-ring (bicyclic) bond motifs is 3. The van der Waals surface area contributed by atoms with Crippen molar-refractivity contribution in [3.8, 4) is 11.5 Å². The number of aromatic nitrogens is 1. The molecule has 0 saturated carbocycles. The summed E-state index contributed by atoms with van der Waals surface area (Å²) < 4.78 is 1.26. The molecular formula is C45H61N14O20-. The zero-order chi connectivity index (χ0) is 58.2. The van der Waals surface area contributed by atoms with Crippen LogP contribution in [0.5, 0.6) is 11.5 Å². The molecule has 8 unspecified atom stereocenters. The van der Waals surface area contributed by atoms with Gasteiger partial charge < -0.3 is 98.4 Å². The monoisotopic (exact) mass is 1120 g/mol. The highest BCUT2D eigenvalue weighted by Crippen LogP contribution is 2.35. The van der Waals surface area contributed by atoms with Crippen LogP contribution in [0.25, 0.3) is 10.9 Å². The van der Waals surface area contributed by atoms with E-state index in [0.717, 1.165) is 12.1 Å². The average Bonchev–Trinajstić information content (AvgIpc) is 3.55. The maximum absolute atomic E-state index is 14.2. The van der Waals surface area contributed by atoms with Gasteiger partial charge >= 0.3 is 0 Å². The minimum Gasteiger partial charge on any atom is -0.550 e. The number of hydrogen-bond donors (Lipinski definition) is 17. The van der Waals surface area contributed by atoms with Crippen molar-refractivity contribution in [1.82, 2.24) is 52.9 Å². The molecule has 2 saturated heterocycles. The van der Waals surface area contributed by atoms with Crippen LogP contribution in [-0.2, 0) is 57.5 Å². The number of amides is 9. The Bertz CT molecular complexity index is 2700. The number of aliphatic hydroxyl groups is 2. The van der Waals surface area contributed by atoms with E-state index < -0.39 is 170 Å². The first-order valence-corrected chi connectivity index (χ1v) is 24.7. The zero-order valence-corrected chi connectivity index (χ0v) is 42.0. The number of phenolic OH excluding ortho intramolecular Hbond substituents is 2. The van der Waals surface area contributed by atoms with E-state index in [1.165, 1.54) is 10.6 Å². The van der Waals surface area contributed by atoms with Gasteiger partial charge in [-0.1, -0.05) is 0 Å². The number of nitrogens with one attached hydrogen (secondary N) is 11. The van der Waals surface area contributed by atoms with Crippen molar-refractivity contribution in [1.29, 1.82) is 0 Å². The fourth-order valence-electron chi connectivity index (χ4n) is 8.57. The first kappa shape index (κ1) is 61.3. The van der Waals surface area contributed by atoms with Gasteiger partial charge in [0.05, 0.1) is 38.3 Å². The molecule has 0 radical (unpaired) electrons. The number of piperidine rings is 1. The van der Waals surface area contributed by atoms with Crippen LogP contribution < -0.4 is 84.1 Å². The number of aliphatic carboxylic acids is 3. The number of rotatable bonds is 26. The molecule has 9 amide bonds. The first-order chi connectivity index (χ1) is 37.4. The van der Waals surface area contributed by atoms with Crippen LogP contribution in [0.1, 0.15) is 63.8 Å². The van der Waals surface area contributed by atoms with E-state index in [-0.39, 0.29) is 80.7 Å². The van der Waals surface area contributed by atoms with Crippen LogP contribution >= 0.6 is 0 Å². The van der Waals surface area contributed by atoms with Crippen LogP contribution in [0.15, 0.2) is 18.2 Å². The number of benzene rings is 1. The molecule has 3 aliphatic rings. The summed E-state index contributed by atoms with van der Waals surface area (Å²) in [5.41, 5.74) is 3.72. The molecule has 0 spiro atoms. The molecule has 432 valence electrons. The number of carbonyl (C=O) groups excluding carboxylic acids is 12. The number of pyridine rings is 1. The first-order valence-electron chi connectivity index (χ1n) is 24.7. The molecule has 9 atom stereocenters. The van der Waals surface area contributed by atoms with E-state index in [1.807, 2.05) is 5.32 Å². The summed E-state index contributed by atoms with van der Waals surface area (Å²) in [6, 6.07) is -7.83. The number of carboxylic acid groups (broad SMARTS) is 3. The van der Waals surface area contributed by atoms with Crippen molar-refractivity contribution in [3.05, 3.63) is 18.2 Å². The van der Waals surface area contributed by atoms with Gasteiger partial charge in [0.2, 0.25) is 41.4 Å². The quantitative estimate of drug-likeness (QED) is 0.0236. The molecule has 2 aromatic rings. The number of anilines is 2. The van der Waals surface area contributed by atoms with Crippen molar-refractivity contribution >= 4 is 93.5 Å². The zero-order valence-electron chi connectivity index (χ0n) is 42.0. The third-order valence-corrected chi connectivity index (χ3v) is 12.6. The molecule has 5 rings (SSSR count). The third-order valence-electron chi connectivity index (χ3n) is 12.6. The molecule has 0 bridgehead atoms. The topological polar surface area (TPSA) is 542 Å². The van der Waals surface area contributed by atoms with E-state index in [9.17, 15) is 98.5 Å². The summed E-state index contributed by atoms with van der Waals surface area (Å²) >= 11 is 0. The predicted molar refractivity (Wildman–Crippen MR) is 254 cm³/mol. The second-order valence-electron chi connectivity index (χ2n) is 18.4. The lowest BCUT2D eigenvalue weighted by atomic mass is 10.0. The lowest BCUT2D eigenvalue weighted by Gasteiger charge is -2.34. The Hall–Kier alpha value is -8.57. The summed E-state index contributed by atoms with van der Waals surface area (Å²) in [5.74, 6) is -16.2. The van der Waals surface area contributed by atoms with Crippen molar-refractivity contribution in [2.75, 3.05) is 50.0 Å². The molecule has 3 aliphatic heterocycles. The number of carboxylic acids is 3. The van der Waals surface area contributed by atoms with E-state index in [1.54, 1.807) is 0 Å². The van der Waals surface area contributed by atoms with Gasteiger partial charge in [0.25, 0.3) is 17.6 Å². The Balaban J connectivity index is 1.25. The summed E-state index contributed by atoms with van der Waals surface area (Å²) in [7, 11) is 0. The number of aromatic hydroxyl groups is 2. The molecule has 4 heterocycles. The SMILES string of the molecule is [NH3+]CCCC(NC(=O)C(CC(=O)[O-])NC(=O)[C@@H]1CCNc2c(NC(=O)CCC(=O)[O-])cc3cc(O)c(O)cc3[n+]21)C(=O)NC(C(=O)NC1NCCC(C(=O)NCC(=O)NC(CO)C(=O)NC2CCCN(O)C2=O)N1)C(O)C(=O)[O-]. The Morgan fingerprint density at radius 1 is 0.785 bits per heavy atom. The minimum absolute atomic E-state index is 0.00669. The molecule has 79 heavy (non-hydrogen) atoms. The van der Waals surface area contributed by atoms with Gasteiger partial charge in [0.1, 0.15) is 53.8 Å². The number of hydrogen-bond acceptors (Lipinski definition) is 23.